The number of halogens is 2. The fraction of sp³-hybridized carbons (Fsp3) is 0.333. The Morgan fingerprint density at radius 3 is 2.81 bits per heavy atom. The molecule has 0 saturated heterocycles. The van der Waals surface area contributed by atoms with Gasteiger partial charge in [0, 0.05) is 12.1 Å². The van der Waals surface area contributed by atoms with Crippen molar-refractivity contribution in [2.75, 3.05) is 11.9 Å². The Morgan fingerprint density at radius 2 is 2.31 bits per heavy atom. The van der Waals surface area contributed by atoms with Crippen LogP contribution in [0, 0.1) is 10.1 Å². The first-order chi connectivity index (χ1) is 7.45. The van der Waals surface area contributed by atoms with Gasteiger partial charge in [-0.15, -0.1) is 0 Å². The third-order valence-corrected chi connectivity index (χ3v) is 2.86. The summed E-state index contributed by atoms with van der Waals surface area (Å²) in [4.78, 5) is 10.1. The van der Waals surface area contributed by atoms with Crippen LogP contribution in [0.25, 0.3) is 0 Å². The van der Waals surface area contributed by atoms with Crippen molar-refractivity contribution < 1.29 is 10.0 Å². The minimum Gasteiger partial charge on any atom is -0.394 e. The first-order valence-corrected chi connectivity index (χ1v) is 5.63. The average molecular weight is 310 g/mol. The molecule has 0 saturated carbocycles. The van der Waals surface area contributed by atoms with Crippen LogP contribution in [0.3, 0.4) is 0 Å². The normalized spacial score (nSPS) is 12.2. The van der Waals surface area contributed by atoms with Crippen LogP contribution in [0.15, 0.2) is 16.6 Å². The van der Waals surface area contributed by atoms with Crippen molar-refractivity contribution in [2.45, 2.75) is 13.0 Å². The van der Waals surface area contributed by atoms with Crippen molar-refractivity contribution in [3.05, 3.63) is 31.7 Å². The molecule has 16 heavy (non-hydrogen) atoms. The Labute approximate surface area is 106 Å². The Morgan fingerprint density at radius 1 is 1.69 bits per heavy atom. The van der Waals surface area contributed by atoms with Crippen molar-refractivity contribution in [1.29, 1.82) is 0 Å². The topological polar surface area (TPSA) is 75.4 Å². The van der Waals surface area contributed by atoms with Crippen molar-refractivity contribution in [3.63, 3.8) is 0 Å². The molecule has 2 N–H and O–H groups in total. The van der Waals surface area contributed by atoms with E-state index < -0.39 is 4.92 Å². The number of anilines is 1. The maximum Gasteiger partial charge on any atom is 0.285 e. The van der Waals surface area contributed by atoms with Gasteiger partial charge in [0.2, 0.25) is 0 Å². The standard InChI is InChI=1S/C9H10BrClN2O3/c1-5(4-14)12-8-2-6(10)9(13(15)16)3-7(8)11/h2-3,5,12,14H,4H2,1H3/t5-/m0/s1. The predicted molar refractivity (Wildman–Crippen MR) is 66.0 cm³/mol. The highest BCUT2D eigenvalue weighted by Gasteiger charge is 2.16. The Kier molecular flexibility index (Phi) is 4.52. The molecule has 0 aliphatic carbocycles. The smallest absolute Gasteiger partial charge is 0.285 e. The van der Waals surface area contributed by atoms with E-state index in [1.54, 1.807) is 6.92 Å². The Hall–Kier alpha value is -0.850. The Balaban J connectivity index is 3.05. The lowest BCUT2D eigenvalue weighted by Crippen LogP contribution is -2.19. The van der Waals surface area contributed by atoms with E-state index in [2.05, 4.69) is 21.2 Å². The molecule has 0 aliphatic rings. The second kappa shape index (κ2) is 5.47. The van der Waals surface area contributed by atoms with Crippen LogP contribution >= 0.6 is 27.5 Å². The highest BCUT2D eigenvalue weighted by Crippen LogP contribution is 2.34. The molecule has 0 amide bonds. The number of hydrogen-bond donors (Lipinski definition) is 2. The number of nitrogens with zero attached hydrogens (tertiary/aromatic N) is 1. The van der Waals surface area contributed by atoms with Crippen LogP contribution in [0.2, 0.25) is 5.02 Å². The molecule has 0 radical (unpaired) electrons. The van der Waals surface area contributed by atoms with Crippen molar-refractivity contribution >= 4 is 38.9 Å². The molecular formula is C9H10BrClN2O3. The SMILES string of the molecule is C[C@@H](CO)Nc1cc(Br)c([N+](=O)[O-])cc1Cl. The van der Waals surface area contributed by atoms with E-state index >= 15 is 0 Å². The zero-order valence-corrected chi connectivity index (χ0v) is 10.7. The lowest BCUT2D eigenvalue weighted by atomic mass is 10.2. The molecule has 88 valence electrons. The number of nitrogens with one attached hydrogen (secondary N) is 1. The summed E-state index contributed by atoms with van der Waals surface area (Å²) in [5, 5.41) is 22.7. The first-order valence-electron chi connectivity index (χ1n) is 4.46. The van der Waals surface area contributed by atoms with Gasteiger partial charge >= 0.3 is 0 Å². The second-order valence-corrected chi connectivity index (χ2v) is 4.53. The number of nitro benzene ring substituents is 1. The highest BCUT2D eigenvalue weighted by molar-refractivity contribution is 9.10. The lowest BCUT2D eigenvalue weighted by Gasteiger charge is -2.13. The molecule has 0 aromatic heterocycles. The van der Waals surface area contributed by atoms with Gasteiger partial charge < -0.3 is 10.4 Å². The summed E-state index contributed by atoms with van der Waals surface area (Å²) >= 11 is 8.97. The summed E-state index contributed by atoms with van der Waals surface area (Å²) < 4.78 is 0.342. The van der Waals surface area contributed by atoms with Gasteiger partial charge in [0.25, 0.3) is 5.69 Å². The molecular weight excluding hydrogens is 299 g/mol. The summed E-state index contributed by atoms with van der Waals surface area (Å²) in [6.07, 6.45) is 0. The van der Waals surface area contributed by atoms with Gasteiger partial charge in [0.1, 0.15) is 0 Å². The average Bonchev–Trinajstić information content (AvgIpc) is 2.22. The fourth-order valence-corrected chi connectivity index (χ4v) is 1.80. The third-order valence-electron chi connectivity index (χ3n) is 1.91. The van der Waals surface area contributed by atoms with E-state index in [4.69, 9.17) is 16.7 Å². The quantitative estimate of drug-likeness (QED) is 0.662. The minimum atomic E-state index is -0.519. The monoisotopic (exact) mass is 308 g/mol. The predicted octanol–water partition coefficient (Wildman–Crippen LogP) is 2.80. The highest BCUT2D eigenvalue weighted by atomic mass is 79.9. The zero-order valence-electron chi connectivity index (χ0n) is 8.41. The zero-order chi connectivity index (χ0) is 12.3. The van der Waals surface area contributed by atoms with Crippen LogP contribution in [0.5, 0.6) is 0 Å². The lowest BCUT2D eigenvalue weighted by molar-refractivity contribution is -0.385. The number of nitro groups is 1. The number of benzene rings is 1. The maximum atomic E-state index is 10.6. The van der Waals surface area contributed by atoms with Gasteiger partial charge in [-0.05, 0) is 28.9 Å². The first kappa shape index (κ1) is 13.2. The molecule has 0 bridgehead atoms. The van der Waals surface area contributed by atoms with Gasteiger partial charge in [0.05, 0.1) is 26.7 Å². The van der Waals surface area contributed by atoms with E-state index in [1.165, 1.54) is 12.1 Å². The molecule has 0 spiro atoms. The fourth-order valence-electron chi connectivity index (χ4n) is 1.10. The summed E-state index contributed by atoms with van der Waals surface area (Å²) in [6, 6.07) is 2.61. The largest absolute Gasteiger partial charge is 0.394 e. The van der Waals surface area contributed by atoms with E-state index in [1.807, 2.05) is 0 Å². The molecule has 1 aromatic rings. The summed E-state index contributed by atoms with van der Waals surface area (Å²) in [5.74, 6) is 0. The second-order valence-electron chi connectivity index (χ2n) is 3.27. The molecule has 0 aliphatic heterocycles. The Bertz CT molecular complexity index is 414. The molecule has 0 heterocycles. The molecule has 0 unspecified atom stereocenters. The van der Waals surface area contributed by atoms with Crippen molar-refractivity contribution in [3.8, 4) is 0 Å². The molecule has 7 heteroatoms. The van der Waals surface area contributed by atoms with Gasteiger partial charge in [-0.1, -0.05) is 11.6 Å². The van der Waals surface area contributed by atoms with Gasteiger partial charge in [-0.25, -0.2) is 0 Å². The van der Waals surface area contributed by atoms with Crippen LogP contribution < -0.4 is 5.32 Å². The van der Waals surface area contributed by atoms with E-state index in [0.717, 1.165) is 0 Å². The van der Waals surface area contributed by atoms with Gasteiger partial charge in [0.15, 0.2) is 0 Å². The summed E-state index contributed by atoms with van der Waals surface area (Å²) in [6.45, 7) is 1.72. The number of aliphatic hydroxyl groups is 1. The van der Waals surface area contributed by atoms with Crippen LogP contribution in [0.1, 0.15) is 6.92 Å². The van der Waals surface area contributed by atoms with Gasteiger partial charge in [-0.2, -0.15) is 0 Å². The van der Waals surface area contributed by atoms with Crippen LogP contribution in [0.4, 0.5) is 11.4 Å². The third kappa shape index (κ3) is 3.07. The maximum absolute atomic E-state index is 10.6. The van der Waals surface area contributed by atoms with E-state index in [0.29, 0.717) is 10.2 Å². The molecule has 1 aromatic carbocycles. The van der Waals surface area contributed by atoms with Gasteiger partial charge in [-0.3, -0.25) is 10.1 Å². The summed E-state index contributed by atoms with van der Waals surface area (Å²) in [7, 11) is 0. The number of rotatable bonds is 4. The molecule has 1 rings (SSSR count). The molecule has 0 fully saturated rings. The number of aliphatic hydroxyl groups excluding tert-OH is 1. The molecule has 5 nitrogen and oxygen atoms in total. The van der Waals surface area contributed by atoms with Crippen molar-refractivity contribution in [2.24, 2.45) is 0 Å². The molecule has 1 atom stereocenters. The van der Waals surface area contributed by atoms with Crippen LogP contribution in [-0.4, -0.2) is 22.7 Å². The van der Waals surface area contributed by atoms with Crippen LogP contribution in [-0.2, 0) is 0 Å². The summed E-state index contributed by atoms with van der Waals surface area (Å²) in [5.41, 5.74) is 0.452. The van der Waals surface area contributed by atoms with E-state index in [-0.39, 0.29) is 23.4 Å². The van der Waals surface area contributed by atoms with Crippen molar-refractivity contribution in [1.82, 2.24) is 0 Å². The van der Waals surface area contributed by atoms with E-state index in [9.17, 15) is 10.1 Å². The number of hydrogen-bond acceptors (Lipinski definition) is 4. The minimum absolute atomic E-state index is 0.0507.